The minimum atomic E-state index is -0.922. The largest absolute Gasteiger partial charge is 0.508 e. The van der Waals surface area contributed by atoms with Crippen molar-refractivity contribution in [3.05, 3.63) is 95.1 Å². The molecule has 0 fully saturated rings. The summed E-state index contributed by atoms with van der Waals surface area (Å²) in [6, 6.07) is 16.0. The molecule has 8 N–H and O–H groups in total. The van der Waals surface area contributed by atoms with Gasteiger partial charge < -0.3 is 40.9 Å². The summed E-state index contributed by atoms with van der Waals surface area (Å²) in [5.74, 6) is -5.50. The maximum Gasteiger partial charge on any atom is 0.205 e. The summed E-state index contributed by atoms with van der Waals surface area (Å²) < 4.78 is 0. The highest BCUT2D eigenvalue weighted by atomic mass is 16.3. The molecule has 0 bridgehead atoms. The Bertz CT molecular complexity index is 1390. The van der Waals surface area contributed by atoms with E-state index in [1.165, 1.54) is 36.4 Å². The summed E-state index contributed by atoms with van der Waals surface area (Å²) in [4.78, 5) is 24.0. The van der Waals surface area contributed by atoms with E-state index in [-0.39, 0.29) is 45.3 Å². The summed E-state index contributed by atoms with van der Waals surface area (Å²) >= 11 is 0. The summed E-state index contributed by atoms with van der Waals surface area (Å²) in [6.07, 6.45) is 0. The standard InChI is InChI=1S/2C13H10O5/c14-7-1-3-9(11(16)5-7)13(18)10-4-2-8(15)6-12(10)17;14-9-6-8(11(16)13(18)12(9)17)10(15)7-4-2-1-3-5-7/h1-6,14-17H;1-6,14,16-18H. The van der Waals surface area contributed by atoms with E-state index in [4.69, 9.17) is 10.2 Å². The van der Waals surface area contributed by atoms with Gasteiger partial charge in [-0.25, -0.2) is 0 Å². The number of carbonyl (C=O) groups is 2. The summed E-state index contributed by atoms with van der Waals surface area (Å²) in [7, 11) is 0. The topological polar surface area (TPSA) is 196 Å². The van der Waals surface area contributed by atoms with Crippen molar-refractivity contribution in [1.29, 1.82) is 0 Å². The molecule has 4 aromatic rings. The zero-order chi connectivity index (χ0) is 26.6. The van der Waals surface area contributed by atoms with Crippen LogP contribution in [0.3, 0.4) is 0 Å². The smallest absolute Gasteiger partial charge is 0.205 e. The van der Waals surface area contributed by atoms with E-state index in [1.54, 1.807) is 18.2 Å². The number of hydrogen-bond donors (Lipinski definition) is 8. The van der Waals surface area contributed by atoms with Crippen molar-refractivity contribution < 1.29 is 50.4 Å². The van der Waals surface area contributed by atoms with Gasteiger partial charge in [-0.3, -0.25) is 9.59 Å². The molecule has 0 spiro atoms. The van der Waals surface area contributed by atoms with Crippen LogP contribution in [0.4, 0.5) is 0 Å². The van der Waals surface area contributed by atoms with Gasteiger partial charge >= 0.3 is 0 Å². The van der Waals surface area contributed by atoms with E-state index < -0.39 is 34.6 Å². The monoisotopic (exact) mass is 492 g/mol. The maximum atomic E-state index is 12.0. The molecule has 4 aromatic carbocycles. The number of aromatic hydroxyl groups is 8. The Labute approximate surface area is 203 Å². The second kappa shape index (κ2) is 10.3. The fraction of sp³-hybridized carbons (Fsp3) is 0. The lowest BCUT2D eigenvalue weighted by Crippen LogP contribution is -2.01. The zero-order valence-corrected chi connectivity index (χ0v) is 18.3. The second-order valence-electron chi connectivity index (χ2n) is 7.42. The van der Waals surface area contributed by atoms with Crippen molar-refractivity contribution in [2.24, 2.45) is 0 Å². The molecule has 0 amide bonds. The molecule has 0 aliphatic heterocycles. The fourth-order valence-electron chi connectivity index (χ4n) is 3.12. The van der Waals surface area contributed by atoms with E-state index in [0.29, 0.717) is 0 Å². The van der Waals surface area contributed by atoms with E-state index in [0.717, 1.165) is 18.2 Å². The van der Waals surface area contributed by atoms with Gasteiger partial charge in [0.1, 0.15) is 23.0 Å². The van der Waals surface area contributed by atoms with Crippen molar-refractivity contribution in [3.8, 4) is 46.0 Å². The molecule has 0 saturated heterocycles. The molecule has 10 nitrogen and oxygen atoms in total. The van der Waals surface area contributed by atoms with Crippen LogP contribution >= 0.6 is 0 Å². The minimum Gasteiger partial charge on any atom is -0.508 e. The number of rotatable bonds is 4. The van der Waals surface area contributed by atoms with Crippen LogP contribution in [0.2, 0.25) is 0 Å². The molecule has 10 heteroatoms. The highest BCUT2D eigenvalue weighted by molar-refractivity contribution is 6.12. The van der Waals surface area contributed by atoms with Crippen LogP contribution < -0.4 is 0 Å². The number of benzene rings is 4. The molecule has 0 heterocycles. The quantitative estimate of drug-likeness (QED) is 0.119. The van der Waals surface area contributed by atoms with E-state index in [1.807, 2.05) is 0 Å². The molecular weight excluding hydrogens is 472 g/mol. The van der Waals surface area contributed by atoms with Crippen molar-refractivity contribution in [3.63, 3.8) is 0 Å². The normalized spacial score (nSPS) is 10.2. The van der Waals surface area contributed by atoms with E-state index in [2.05, 4.69) is 0 Å². The number of phenols is 8. The number of hydrogen-bond acceptors (Lipinski definition) is 10. The molecule has 4 rings (SSSR count). The van der Waals surface area contributed by atoms with Crippen molar-refractivity contribution in [2.45, 2.75) is 0 Å². The first-order valence-corrected chi connectivity index (χ1v) is 10.2. The Kier molecular flexibility index (Phi) is 7.20. The fourth-order valence-corrected chi connectivity index (χ4v) is 3.12. The van der Waals surface area contributed by atoms with Crippen molar-refractivity contribution in [2.75, 3.05) is 0 Å². The third-order valence-electron chi connectivity index (χ3n) is 4.96. The zero-order valence-electron chi connectivity index (χ0n) is 18.3. The number of ketones is 2. The Morgan fingerprint density at radius 3 is 1.42 bits per heavy atom. The Hall–Kier alpha value is -5.38. The third-order valence-corrected chi connectivity index (χ3v) is 4.96. The van der Waals surface area contributed by atoms with Gasteiger partial charge in [-0.2, -0.15) is 0 Å². The third kappa shape index (κ3) is 5.23. The lowest BCUT2D eigenvalue weighted by atomic mass is 10.0. The lowest BCUT2D eigenvalue weighted by molar-refractivity contribution is 0.102. The molecule has 0 unspecified atom stereocenters. The predicted molar refractivity (Wildman–Crippen MR) is 126 cm³/mol. The average molecular weight is 492 g/mol. The molecule has 0 radical (unpaired) electrons. The molecule has 184 valence electrons. The lowest BCUT2D eigenvalue weighted by Gasteiger charge is -2.08. The van der Waals surface area contributed by atoms with E-state index in [9.17, 15) is 40.2 Å². The number of phenolic OH excluding ortho intramolecular Hbond substituents is 8. The maximum absolute atomic E-state index is 12.0. The van der Waals surface area contributed by atoms with Gasteiger partial charge in [0.25, 0.3) is 0 Å². The molecule has 0 aromatic heterocycles. The molecule has 0 aliphatic rings. The van der Waals surface area contributed by atoms with Crippen LogP contribution in [-0.2, 0) is 0 Å². The first-order valence-electron chi connectivity index (χ1n) is 10.2. The van der Waals surface area contributed by atoms with Crippen LogP contribution in [0.5, 0.6) is 46.0 Å². The van der Waals surface area contributed by atoms with Gasteiger partial charge in [0.15, 0.2) is 23.1 Å². The van der Waals surface area contributed by atoms with E-state index >= 15 is 0 Å². The molecule has 0 saturated carbocycles. The van der Waals surface area contributed by atoms with Gasteiger partial charge in [0.2, 0.25) is 11.5 Å². The molecule has 36 heavy (non-hydrogen) atoms. The van der Waals surface area contributed by atoms with Crippen LogP contribution in [0.15, 0.2) is 72.8 Å². The predicted octanol–water partition coefficient (Wildman–Crippen LogP) is 3.48. The first kappa shape index (κ1) is 25.2. The van der Waals surface area contributed by atoms with Gasteiger partial charge in [-0.1, -0.05) is 30.3 Å². The Morgan fingerprint density at radius 2 is 0.944 bits per heavy atom. The summed E-state index contributed by atoms with van der Waals surface area (Å²) in [5.41, 5.74) is -0.0890. The average Bonchev–Trinajstić information content (AvgIpc) is 2.85. The minimum absolute atomic E-state index is 0.0474. The molecule has 0 aliphatic carbocycles. The van der Waals surface area contributed by atoms with Crippen molar-refractivity contribution >= 4 is 11.6 Å². The Morgan fingerprint density at radius 1 is 0.444 bits per heavy atom. The highest BCUT2D eigenvalue weighted by Gasteiger charge is 2.22. The Balaban J connectivity index is 0.000000201. The van der Waals surface area contributed by atoms with Crippen LogP contribution in [0, 0.1) is 0 Å². The number of carbonyl (C=O) groups excluding carboxylic acids is 2. The highest BCUT2D eigenvalue weighted by Crippen LogP contribution is 2.44. The molecule has 0 atom stereocenters. The van der Waals surface area contributed by atoms with Crippen LogP contribution in [0.1, 0.15) is 31.8 Å². The molecular formula is C26H20O10. The summed E-state index contributed by atoms with van der Waals surface area (Å²) in [5, 5.41) is 74.8. The van der Waals surface area contributed by atoms with Crippen LogP contribution in [0.25, 0.3) is 0 Å². The van der Waals surface area contributed by atoms with Gasteiger partial charge in [0, 0.05) is 17.7 Å². The van der Waals surface area contributed by atoms with Gasteiger partial charge in [-0.15, -0.1) is 0 Å². The first-order chi connectivity index (χ1) is 17.0. The van der Waals surface area contributed by atoms with Gasteiger partial charge in [-0.05, 0) is 30.3 Å². The SMILES string of the molecule is O=C(c1ccc(O)cc1O)c1ccc(O)cc1O.O=C(c1ccccc1)c1cc(O)c(O)c(O)c1O. The van der Waals surface area contributed by atoms with Crippen molar-refractivity contribution in [1.82, 2.24) is 0 Å². The summed E-state index contributed by atoms with van der Waals surface area (Å²) in [6.45, 7) is 0. The van der Waals surface area contributed by atoms with Gasteiger partial charge in [0.05, 0.1) is 16.7 Å². The second-order valence-corrected chi connectivity index (χ2v) is 7.42. The van der Waals surface area contributed by atoms with Crippen LogP contribution in [-0.4, -0.2) is 52.4 Å².